The zero-order valence-electron chi connectivity index (χ0n) is 12.0. The van der Waals surface area contributed by atoms with Crippen molar-refractivity contribution >= 4 is 13.5 Å². The lowest BCUT2D eigenvalue weighted by molar-refractivity contribution is -0.141. The van der Waals surface area contributed by atoms with Gasteiger partial charge in [0.2, 0.25) is 0 Å². The molecule has 0 saturated carbocycles. The average Bonchev–Trinajstić information content (AvgIpc) is 2.24. The maximum absolute atomic E-state index is 12.7. The first-order valence-electron chi connectivity index (χ1n) is 5.98. The second-order valence-corrected chi connectivity index (χ2v) is 5.55. The van der Waals surface area contributed by atoms with Crippen LogP contribution >= 0.6 is 13.5 Å². The molecule has 0 amide bonds. The monoisotopic (exact) mass is 310 g/mol. The number of nitrogens with one attached hydrogen (secondary N) is 1. The molecule has 1 rings (SSSR count). The van der Waals surface area contributed by atoms with Gasteiger partial charge in [0.25, 0.3) is 0 Å². The molecule has 0 saturated heterocycles. The van der Waals surface area contributed by atoms with Gasteiger partial charge in [-0.05, 0) is 39.3 Å². The Bertz CT molecular complexity index is 444. The van der Waals surface area contributed by atoms with E-state index in [1.165, 1.54) is 19.1 Å². The zero-order valence-corrected chi connectivity index (χ0v) is 13.0. The van der Waals surface area contributed by atoms with Crippen LogP contribution in [-0.4, -0.2) is 22.2 Å². The Hall–Kier alpha value is -0.790. The van der Waals surface area contributed by atoms with Crippen LogP contribution in [0.2, 0.25) is 0 Å². The highest BCUT2D eigenvalue weighted by atomic mass is 32.1. The quantitative estimate of drug-likeness (QED) is 0.902. The lowest BCUT2D eigenvalue weighted by Crippen LogP contribution is -2.38. The van der Waals surface area contributed by atoms with E-state index in [9.17, 15) is 18.3 Å². The first-order valence-corrected chi connectivity index (χ1v) is 5.98. The van der Waals surface area contributed by atoms with Crippen molar-refractivity contribution < 1.29 is 18.3 Å². The van der Waals surface area contributed by atoms with E-state index in [-0.39, 0.29) is 36.8 Å². The number of aliphatic hydroxyl groups is 1. The van der Waals surface area contributed by atoms with E-state index in [2.05, 4.69) is 10.3 Å². The molecule has 2 N–H and O–H groups in total. The zero-order chi connectivity index (χ0) is 14.8. The summed E-state index contributed by atoms with van der Waals surface area (Å²) in [5, 5.41) is 12.9. The Morgan fingerprint density at radius 3 is 2.25 bits per heavy atom. The molecule has 0 radical (unpaired) electrons. The number of nitrogens with zero attached hydrogens (tertiary/aromatic N) is 1. The fourth-order valence-corrected chi connectivity index (χ4v) is 1.52. The number of pyridine rings is 1. The minimum absolute atomic E-state index is 0. The SMILES string of the molecule is Cc1ccc([C@@H](O)CNC(C)(C)C)nc1C(F)(F)F.S. The van der Waals surface area contributed by atoms with Crippen molar-refractivity contribution in [2.45, 2.75) is 45.5 Å². The number of β-amino-alcohol motifs (C(OH)–C–C–N with tert-alkyl or cyclic N) is 1. The van der Waals surface area contributed by atoms with Crippen LogP contribution < -0.4 is 5.32 Å². The number of halogens is 3. The summed E-state index contributed by atoms with van der Waals surface area (Å²) >= 11 is 0. The van der Waals surface area contributed by atoms with E-state index >= 15 is 0 Å². The standard InChI is InChI=1S/C13H19F3N2O.H2S/c1-8-5-6-9(18-11(8)13(14,15)16)10(19)7-17-12(2,3)4;/h5-6,10,17,19H,7H2,1-4H3;1H2/t10-;/m0./s1. The largest absolute Gasteiger partial charge is 0.433 e. The Morgan fingerprint density at radius 1 is 1.25 bits per heavy atom. The molecule has 3 nitrogen and oxygen atoms in total. The van der Waals surface area contributed by atoms with Gasteiger partial charge in [0.1, 0.15) is 11.8 Å². The summed E-state index contributed by atoms with van der Waals surface area (Å²) in [4.78, 5) is 3.53. The smallest absolute Gasteiger partial charge is 0.385 e. The molecule has 1 aromatic heterocycles. The number of aliphatic hydroxyl groups excluding tert-OH is 1. The van der Waals surface area contributed by atoms with E-state index in [1.807, 2.05) is 20.8 Å². The Kier molecular flexibility index (Phi) is 6.51. The third-order valence-electron chi connectivity index (χ3n) is 2.55. The van der Waals surface area contributed by atoms with Crippen LogP contribution in [0.5, 0.6) is 0 Å². The number of rotatable bonds is 3. The summed E-state index contributed by atoms with van der Waals surface area (Å²) in [6.07, 6.45) is -5.57. The highest BCUT2D eigenvalue weighted by molar-refractivity contribution is 7.59. The Balaban J connectivity index is 0.00000361. The lowest BCUT2D eigenvalue weighted by Gasteiger charge is -2.23. The predicted molar refractivity (Wildman–Crippen MR) is 77.1 cm³/mol. The van der Waals surface area contributed by atoms with Gasteiger partial charge in [-0.15, -0.1) is 0 Å². The molecule has 7 heteroatoms. The first kappa shape index (κ1) is 19.2. The normalized spacial score (nSPS) is 13.8. The second kappa shape index (κ2) is 6.78. The summed E-state index contributed by atoms with van der Waals surface area (Å²) in [7, 11) is 0. The Morgan fingerprint density at radius 2 is 1.80 bits per heavy atom. The lowest BCUT2D eigenvalue weighted by atomic mass is 10.1. The molecule has 116 valence electrons. The molecular formula is C13H21F3N2OS. The van der Waals surface area contributed by atoms with Gasteiger partial charge in [-0.25, -0.2) is 4.98 Å². The molecule has 20 heavy (non-hydrogen) atoms. The molecule has 1 aromatic rings. The number of alkyl halides is 3. The molecule has 0 bridgehead atoms. The third-order valence-corrected chi connectivity index (χ3v) is 2.55. The molecule has 0 aliphatic heterocycles. The molecule has 0 aliphatic rings. The summed E-state index contributed by atoms with van der Waals surface area (Å²) in [5.74, 6) is 0. The van der Waals surface area contributed by atoms with Gasteiger partial charge in [0, 0.05) is 12.1 Å². The maximum atomic E-state index is 12.7. The topological polar surface area (TPSA) is 45.1 Å². The van der Waals surface area contributed by atoms with Gasteiger partial charge in [-0.1, -0.05) is 6.07 Å². The van der Waals surface area contributed by atoms with Crippen LogP contribution in [0.25, 0.3) is 0 Å². The first-order chi connectivity index (χ1) is 8.50. The predicted octanol–water partition coefficient (Wildman–Crippen LogP) is 2.94. The van der Waals surface area contributed by atoms with Crippen LogP contribution in [-0.2, 0) is 6.18 Å². The van der Waals surface area contributed by atoms with Crippen LogP contribution in [0.1, 0.15) is 43.8 Å². The van der Waals surface area contributed by atoms with Crippen LogP contribution in [0.15, 0.2) is 12.1 Å². The molecule has 0 aliphatic carbocycles. The van der Waals surface area contributed by atoms with Crippen molar-refractivity contribution in [2.24, 2.45) is 0 Å². The molecule has 1 heterocycles. The number of aryl methyl sites for hydroxylation is 1. The van der Waals surface area contributed by atoms with Gasteiger partial charge >= 0.3 is 6.18 Å². The van der Waals surface area contributed by atoms with Gasteiger partial charge in [-0.2, -0.15) is 26.7 Å². The molecular weight excluding hydrogens is 289 g/mol. The van der Waals surface area contributed by atoms with Gasteiger partial charge in [-0.3, -0.25) is 0 Å². The van der Waals surface area contributed by atoms with E-state index < -0.39 is 18.0 Å². The van der Waals surface area contributed by atoms with E-state index in [0.717, 1.165) is 0 Å². The maximum Gasteiger partial charge on any atom is 0.433 e. The summed E-state index contributed by atoms with van der Waals surface area (Å²) in [5.41, 5.74) is -1.10. The molecule has 0 aromatic carbocycles. The van der Waals surface area contributed by atoms with Crippen molar-refractivity contribution in [1.29, 1.82) is 0 Å². The molecule has 0 fully saturated rings. The van der Waals surface area contributed by atoms with Crippen LogP contribution in [0.4, 0.5) is 13.2 Å². The summed E-state index contributed by atoms with van der Waals surface area (Å²) in [6.45, 7) is 7.21. The van der Waals surface area contributed by atoms with Crippen LogP contribution in [0, 0.1) is 6.92 Å². The molecule has 0 unspecified atom stereocenters. The van der Waals surface area contributed by atoms with Crippen molar-refractivity contribution in [3.63, 3.8) is 0 Å². The van der Waals surface area contributed by atoms with E-state index in [0.29, 0.717) is 0 Å². The van der Waals surface area contributed by atoms with Crippen molar-refractivity contribution in [2.75, 3.05) is 6.54 Å². The summed E-state index contributed by atoms with van der Waals surface area (Å²) in [6, 6.07) is 2.74. The molecule has 0 spiro atoms. The number of hydrogen-bond acceptors (Lipinski definition) is 3. The van der Waals surface area contributed by atoms with Crippen molar-refractivity contribution in [1.82, 2.24) is 10.3 Å². The molecule has 1 atom stereocenters. The minimum Gasteiger partial charge on any atom is -0.385 e. The average molecular weight is 310 g/mol. The van der Waals surface area contributed by atoms with Gasteiger partial charge in [0.15, 0.2) is 0 Å². The van der Waals surface area contributed by atoms with Crippen LogP contribution in [0.3, 0.4) is 0 Å². The Labute approximate surface area is 124 Å². The van der Waals surface area contributed by atoms with Crippen molar-refractivity contribution in [3.8, 4) is 0 Å². The number of aromatic nitrogens is 1. The highest BCUT2D eigenvalue weighted by Gasteiger charge is 2.35. The highest BCUT2D eigenvalue weighted by Crippen LogP contribution is 2.30. The fraction of sp³-hybridized carbons (Fsp3) is 0.615. The van der Waals surface area contributed by atoms with E-state index in [4.69, 9.17) is 0 Å². The van der Waals surface area contributed by atoms with Gasteiger partial charge < -0.3 is 10.4 Å². The number of hydrogen-bond donors (Lipinski definition) is 2. The van der Waals surface area contributed by atoms with Crippen molar-refractivity contribution in [3.05, 3.63) is 29.1 Å². The van der Waals surface area contributed by atoms with Gasteiger partial charge in [0.05, 0.1) is 5.69 Å². The second-order valence-electron chi connectivity index (χ2n) is 5.55. The minimum atomic E-state index is -4.50. The summed E-state index contributed by atoms with van der Waals surface area (Å²) < 4.78 is 38.1. The third kappa shape index (κ3) is 5.68. The fourth-order valence-electron chi connectivity index (χ4n) is 1.52. The van der Waals surface area contributed by atoms with E-state index in [1.54, 1.807) is 0 Å².